The molecule has 0 fully saturated rings. The Bertz CT molecular complexity index is 496. The van der Waals surface area contributed by atoms with Crippen molar-refractivity contribution in [1.82, 2.24) is 4.98 Å². The Hall–Kier alpha value is -2.10. The number of hydrogen-bond donors (Lipinski definition) is 2. The van der Waals surface area contributed by atoms with Crippen LogP contribution in [0, 0.1) is 10.1 Å². The summed E-state index contributed by atoms with van der Waals surface area (Å²) in [4.78, 5) is 22.4. The van der Waals surface area contributed by atoms with Crippen molar-refractivity contribution < 1.29 is 22.8 Å². The van der Waals surface area contributed by atoms with Crippen LogP contribution in [-0.2, 0) is 6.54 Å². The number of H-pyrrole nitrogens is 1. The number of aromatic nitrogens is 1. The summed E-state index contributed by atoms with van der Waals surface area (Å²) >= 11 is 0. The second kappa shape index (κ2) is 4.41. The molecular weight excluding hydrogens is 247 g/mol. The lowest BCUT2D eigenvalue weighted by Crippen LogP contribution is -2.22. The Morgan fingerprint density at radius 2 is 2.12 bits per heavy atom. The molecule has 17 heavy (non-hydrogen) atoms. The van der Waals surface area contributed by atoms with E-state index >= 15 is 0 Å². The van der Waals surface area contributed by atoms with Crippen molar-refractivity contribution in [2.75, 3.05) is 0 Å². The quantitative estimate of drug-likeness (QED) is 0.606. The van der Waals surface area contributed by atoms with Gasteiger partial charge in [-0.2, -0.15) is 0 Å². The van der Waals surface area contributed by atoms with Gasteiger partial charge >= 0.3 is 12.2 Å². The van der Waals surface area contributed by atoms with Crippen molar-refractivity contribution in [2.24, 2.45) is 5.73 Å². The lowest BCUT2D eigenvalue weighted by Gasteiger charge is -2.07. The second-order valence-electron chi connectivity index (χ2n) is 2.83. The summed E-state index contributed by atoms with van der Waals surface area (Å²) in [6.07, 6.45) is -5.05. The van der Waals surface area contributed by atoms with Crippen LogP contribution in [0.25, 0.3) is 0 Å². The number of rotatable bonds is 3. The van der Waals surface area contributed by atoms with Gasteiger partial charge in [0, 0.05) is 6.54 Å². The normalized spacial score (nSPS) is 11.3. The zero-order chi connectivity index (χ0) is 13.2. The van der Waals surface area contributed by atoms with Gasteiger partial charge in [-0.15, -0.1) is 13.2 Å². The van der Waals surface area contributed by atoms with Crippen LogP contribution in [0.3, 0.4) is 0 Å². The van der Waals surface area contributed by atoms with Crippen LogP contribution in [-0.4, -0.2) is 16.3 Å². The third kappa shape index (κ3) is 3.17. The van der Waals surface area contributed by atoms with E-state index in [1.54, 1.807) is 4.98 Å². The molecular formula is C7H6F3N3O4. The second-order valence-corrected chi connectivity index (χ2v) is 2.83. The number of aromatic amines is 1. The highest BCUT2D eigenvalue weighted by Crippen LogP contribution is 2.22. The molecule has 3 N–H and O–H groups in total. The highest BCUT2D eigenvalue weighted by Gasteiger charge is 2.33. The zero-order valence-corrected chi connectivity index (χ0v) is 8.08. The van der Waals surface area contributed by atoms with Crippen molar-refractivity contribution in [3.8, 4) is 5.88 Å². The van der Waals surface area contributed by atoms with Gasteiger partial charge in [-0.05, 0) is 4.92 Å². The Kier molecular flexibility index (Phi) is 3.36. The van der Waals surface area contributed by atoms with Gasteiger partial charge in [0.2, 0.25) is 0 Å². The maximum Gasteiger partial charge on any atom is 0.575 e. The molecule has 0 saturated heterocycles. The van der Waals surface area contributed by atoms with E-state index in [1.807, 2.05) is 0 Å². The molecule has 0 amide bonds. The molecule has 0 aliphatic carbocycles. The largest absolute Gasteiger partial charge is 0.575 e. The number of nitrogens with zero attached hydrogens (tertiary/aromatic N) is 1. The Morgan fingerprint density at radius 3 is 2.53 bits per heavy atom. The van der Waals surface area contributed by atoms with E-state index in [-0.39, 0.29) is 0 Å². The summed E-state index contributed by atoms with van der Waals surface area (Å²) in [5.74, 6) is -1.98. The number of halogens is 3. The van der Waals surface area contributed by atoms with Gasteiger partial charge in [0.15, 0.2) is 5.43 Å². The number of nitrogens with one attached hydrogen (secondary N) is 1. The number of alkyl halides is 3. The van der Waals surface area contributed by atoms with E-state index in [0.717, 1.165) is 0 Å². The smallest absolute Gasteiger partial charge is 0.370 e. The molecule has 94 valence electrons. The molecule has 10 heteroatoms. The maximum absolute atomic E-state index is 11.8. The van der Waals surface area contributed by atoms with Crippen molar-refractivity contribution in [3.05, 3.63) is 32.0 Å². The minimum Gasteiger partial charge on any atom is -0.370 e. The molecule has 0 aliphatic heterocycles. The van der Waals surface area contributed by atoms with E-state index in [0.29, 0.717) is 6.07 Å². The first kappa shape index (κ1) is 13.0. The topological polar surface area (TPSA) is 111 Å². The van der Waals surface area contributed by atoms with E-state index in [4.69, 9.17) is 5.73 Å². The zero-order valence-electron chi connectivity index (χ0n) is 8.08. The molecule has 1 aromatic rings. The molecule has 0 aromatic carbocycles. The first-order valence-electron chi connectivity index (χ1n) is 4.11. The fourth-order valence-electron chi connectivity index (χ4n) is 1.08. The number of pyridine rings is 1. The monoisotopic (exact) mass is 253 g/mol. The summed E-state index contributed by atoms with van der Waals surface area (Å²) in [6, 6.07) is 0.447. The van der Waals surface area contributed by atoms with Gasteiger partial charge < -0.3 is 20.6 Å². The first-order valence-corrected chi connectivity index (χ1v) is 4.11. The van der Waals surface area contributed by atoms with Gasteiger partial charge in [0.1, 0.15) is 5.56 Å². The molecule has 1 aromatic heterocycles. The molecule has 0 spiro atoms. The van der Waals surface area contributed by atoms with Crippen LogP contribution in [0.1, 0.15) is 5.56 Å². The highest BCUT2D eigenvalue weighted by atomic mass is 19.4. The van der Waals surface area contributed by atoms with E-state index < -0.39 is 40.5 Å². The average Bonchev–Trinajstić information content (AvgIpc) is 2.13. The van der Waals surface area contributed by atoms with Gasteiger partial charge in [-0.1, -0.05) is 0 Å². The van der Waals surface area contributed by atoms with E-state index in [2.05, 4.69) is 4.74 Å². The summed E-state index contributed by atoms with van der Waals surface area (Å²) < 4.78 is 38.9. The average molecular weight is 253 g/mol. The number of hydrogen-bond acceptors (Lipinski definition) is 5. The van der Waals surface area contributed by atoms with Crippen LogP contribution in [0.15, 0.2) is 10.9 Å². The van der Waals surface area contributed by atoms with Crippen molar-refractivity contribution in [3.63, 3.8) is 0 Å². The van der Waals surface area contributed by atoms with Crippen molar-refractivity contribution in [1.29, 1.82) is 0 Å². The SMILES string of the molecule is NCc1c([N+](=O)[O-])[nH]c(OC(F)(F)F)cc1=O. The van der Waals surface area contributed by atoms with Crippen molar-refractivity contribution >= 4 is 5.82 Å². The standard InChI is InChI=1S/C7H6F3N3O4/c8-7(9,10)17-5-1-4(14)3(2-11)6(12-5)13(15)16/h1H,2,11H2,(H,12,14). The summed E-state index contributed by atoms with van der Waals surface area (Å²) in [6.45, 7) is -0.474. The summed E-state index contributed by atoms with van der Waals surface area (Å²) in [5, 5.41) is 10.5. The third-order valence-corrected chi connectivity index (χ3v) is 1.70. The molecule has 0 atom stereocenters. The lowest BCUT2D eigenvalue weighted by atomic mass is 10.2. The molecule has 0 saturated carbocycles. The summed E-state index contributed by atoms with van der Waals surface area (Å²) in [7, 11) is 0. The van der Waals surface area contributed by atoms with Crippen molar-refractivity contribution in [2.45, 2.75) is 12.9 Å². The fraction of sp³-hybridized carbons (Fsp3) is 0.286. The van der Waals surface area contributed by atoms with E-state index in [1.165, 1.54) is 0 Å². The van der Waals surface area contributed by atoms with Crippen LogP contribution < -0.4 is 15.9 Å². The highest BCUT2D eigenvalue weighted by molar-refractivity contribution is 5.35. The minimum atomic E-state index is -5.05. The molecule has 0 radical (unpaired) electrons. The predicted octanol–water partition coefficient (Wildman–Crippen LogP) is 0.640. The lowest BCUT2D eigenvalue weighted by molar-refractivity contribution is -0.390. The molecule has 0 aliphatic rings. The molecule has 7 nitrogen and oxygen atoms in total. The van der Waals surface area contributed by atoms with Crippen LogP contribution in [0.2, 0.25) is 0 Å². The summed E-state index contributed by atoms with van der Waals surface area (Å²) in [5.41, 5.74) is 3.65. The third-order valence-electron chi connectivity index (χ3n) is 1.70. The van der Waals surface area contributed by atoms with Gasteiger partial charge in [0.05, 0.1) is 6.07 Å². The maximum atomic E-state index is 11.8. The van der Waals surface area contributed by atoms with Gasteiger partial charge in [-0.25, -0.2) is 4.98 Å². The van der Waals surface area contributed by atoms with Crippen LogP contribution in [0.5, 0.6) is 5.88 Å². The minimum absolute atomic E-state index is 0.426. The Labute approximate surface area is 91.1 Å². The molecule has 1 heterocycles. The predicted molar refractivity (Wildman–Crippen MR) is 48.3 cm³/mol. The molecule has 0 unspecified atom stereocenters. The molecule has 0 bridgehead atoms. The fourth-order valence-corrected chi connectivity index (χ4v) is 1.08. The number of ether oxygens (including phenoxy) is 1. The van der Waals surface area contributed by atoms with Crippen LogP contribution in [0.4, 0.5) is 19.0 Å². The Balaban J connectivity index is 3.30. The van der Waals surface area contributed by atoms with Crippen LogP contribution >= 0.6 is 0 Å². The first-order chi connectivity index (χ1) is 7.74. The van der Waals surface area contributed by atoms with Gasteiger partial charge in [0.25, 0.3) is 5.88 Å². The Morgan fingerprint density at radius 1 is 1.53 bits per heavy atom. The molecule has 1 rings (SSSR count). The van der Waals surface area contributed by atoms with E-state index in [9.17, 15) is 28.1 Å². The number of nitrogens with two attached hydrogens (primary N) is 1. The van der Waals surface area contributed by atoms with Gasteiger partial charge in [-0.3, -0.25) is 4.79 Å². The number of nitro groups is 1.